The Hall–Kier alpha value is -2.43. The lowest BCUT2D eigenvalue weighted by Gasteiger charge is -2.11. The lowest BCUT2D eigenvalue weighted by Crippen LogP contribution is -2.07. The number of nitrogens with zero attached hydrogens (tertiary/aromatic N) is 5. The maximum Gasteiger partial charge on any atom is 0.0879 e. The molecule has 0 aliphatic rings. The maximum absolute atomic E-state index is 4.62. The van der Waals surface area contributed by atoms with Gasteiger partial charge >= 0.3 is 0 Å². The summed E-state index contributed by atoms with van der Waals surface area (Å²) in [4.78, 5) is 4.62. The standard InChI is InChI=1S/C15H17N5/c1-10-5-7-19(17-10)14-9-15(13(4)16-12(14)3)20-8-6-11(2)18-20/h5-9H,1-4H3. The SMILES string of the molecule is Cc1ccn(-c2cc(-n3ccc(C)n3)c(C)nc2C)n1. The van der Waals surface area contributed by atoms with E-state index in [1.165, 1.54) is 0 Å². The molecule has 0 unspecified atom stereocenters. The van der Waals surface area contributed by atoms with Crippen molar-refractivity contribution in [2.24, 2.45) is 0 Å². The minimum Gasteiger partial charge on any atom is -0.254 e. The number of pyridine rings is 1. The Morgan fingerprint density at radius 1 is 0.750 bits per heavy atom. The Morgan fingerprint density at radius 3 is 1.55 bits per heavy atom. The molecule has 0 aromatic carbocycles. The summed E-state index contributed by atoms with van der Waals surface area (Å²) >= 11 is 0. The number of hydrogen-bond donors (Lipinski definition) is 0. The molecule has 3 aromatic rings. The summed E-state index contributed by atoms with van der Waals surface area (Å²) < 4.78 is 3.72. The van der Waals surface area contributed by atoms with Crippen LogP contribution in [0.3, 0.4) is 0 Å². The summed E-state index contributed by atoms with van der Waals surface area (Å²) in [7, 11) is 0. The fourth-order valence-corrected chi connectivity index (χ4v) is 2.27. The number of aryl methyl sites for hydroxylation is 4. The van der Waals surface area contributed by atoms with Gasteiger partial charge in [0.1, 0.15) is 0 Å². The van der Waals surface area contributed by atoms with E-state index in [-0.39, 0.29) is 0 Å². The van der Waals surface area contributed by atoms with Gasteiger partial charge in [0.15, 0.2) is 0 Å². The van der Waals surface area contributed by atoms with E-state index in [1.54, 1.807) is 0 Å². The van der Waals surface area contributed by atoms with Gasteiger partial charge in [0.05, 0.1) is 34.2 Å². The molecule has 3 aromatic heterocycles. The fraction of sp³-hybridized carbons (Fsp3) is 0.267. The summed E-state index contributed by atoms with van der Waals surface area (Å²) in [6.45, 7) is 7.95. The van der Waals surface area contributed by atoms with Gasteiger partial charge in [-0.2, -0.15) is 10.2 Å². The van der Waals surface area contributed by atoms with Gasteiger partial charge in [-0.15, -0.1) is 0 Å². The van der Waals surface area contributed by atoms with E-state index in [0.29, 0.717) is 0 Å². The molecular weight excluding hydrogens is 250 g/mol. The monoisotopic (exact) mass is 267 g/mol. The molecule has 0 bridgehead atoms. The van der Waals surface area contributed by atoms with Crippen molar-refractivity contribution in [1.29, 1.82) is 0 Å². The molecule has 0 fully saturated rings. The zero-order valence-corrected chi connectivity index (χ0v) is 12.1. The average Bonchev–Trinajstić information content (AvgIpc) is 2.99. The van der Waals surface area contributed by atoms with Gasteiger partial charge in [-0.1, -0.05) is 0 Å². The molecule has 0 saturated heterocycles. The van der Waals surface area contributed by atoms with Gasteiger partial charge in [-0.25, -0.2) is 9.36 Å². The lowest BCUT2D eigenvalue weighted by atomic mass is 10.2. The smallest absolute Gasteiger partial charge is 0.0879 e. The Kier molecular flexibility index (Phi) is 2.89. The van der Waals surface area contributed by atoms with E-state index in [0.717, 1.165) is 34.2 Å². The molecule has 0 amide bonds. The second kappa shape index (κ2) is 4.59. The summed E-state index contributed by atoms with van der Waals surface area (Å²) in [6.07, 6.45) is 3.90. The Labute approximate surface area is 117 Å². The largest absolute Gasteiger partial charge is 0.254 e. The Bertz CT molecular complexity index is 705. The molecule has 0 radical (unpaired) electrons. The molecule has 3 heterocycles. The number of aromatic nitrogens is 5. The van der Waals surface area contributed by atoms with Crippen molar-refractivity contribution in [3.05, 3.63) is 53.4 Å². The van der Waals surface area contributed by atoms with Crippen LogP contribution in [0.4, 0.5) is 0 Å². The first kappa shape index (κ1) is 12.6. The van der Waals surface area contributed by atoms with Gasteiger partial charge < -0.3 is 0 Å². The van der Waals surface area contributed by atoms with Gasteiger partial charge in [-0.05, 0) is 45.9 Å². The highest BCUT2D eigenvalue weighted by molar-refractivity contribution is 5.48. The third-order valence-corrected chi connectivity index (χ3v) is 3.29. The van der Waals surface area contributed by atoms with Crippen molar-refractivity contribution < 1.29 is 0 Å². The highest BCUT2D eigenvalue weighted by Gasteiger charge is 2.11. The molecule has 20 heavy (non-hydrogen) atoms. The van der Waals surface area contributed by atoms with Crippen LogP contribution < -0.4 is 0 Å². The third kappa shape index (κ3) is 2.11. The van der Waals surface area contributed by atoms with Crippen LogP contribution >= 0.6 is 0 Å². The normalized spacial score (nSPS) is 11.0. The molecule has 0 atom stereocenters. The summed E-state index contributed by atoms with van der Waals surface area (Å²) in [5.74, 6) is 0. The van der Waals surface area contributed by atoms with Crippen LogP contribution in [-0.2, 0) is 0 Å². The molecular formula is C15H17N5. The molecule has 5 nitrogen and oxygen atoms in total. The van der Waals surface area contributed by atoms with Crippen molar-refractivity contribution in [2.75, 3.05) is 0 Å². The van der Waals surface area contributed by atoms with Crippen LogP contribution in [0, 0.1) is 27.7 Å². The molecule has 0 aliphatic heterocycles. The van der Waals surface area contributed by atoms with Crippen molar-refractivity contribution in [2.45, 2.75) is 27.7 Å². The molecule has 5 heteroatoms. The van der Waals surface area contributed by atoms with E-state index < -0.39 is 0 Å². The second-order valence-electron chi connectivity index (χ2n) is 5.00. The van der Waals surface area contributed by atoms with Crippen molar-refractivity contribution in [3.63, 3.8) is 0 Å². The van der Waals surface area contributed by atoms with Gasteiger partial charge in [0.2, 0.25) is 0 Å². The second-order valence-corrected chi connectivity index (χ2v) is 5.00. The van der Waals surface area contributed by atoms with Crippen molar-refractivity contribution >= 4 is 0 Å². The topological polar surface area (TPSA) is 48.5 Å². The predicted molar refractivity (Wildman–Crippen MR) is 77.4 cm³/mol. The minimum absolute atomic E-state index is 0.957. The van der Waals surface area contributed by atoms with Gasteiger partial charge in [0, 0.05) is 12.4 Å². The Balaban J connectivity index is 2.17. The summed E-state index contributed by atoms with van der Waals surface area (Å²) in [6, 6.07) is 6.05. The predicted octanol–water partition coefficient (Wildman–Crippen LogP) is 2.69. The highest BCUT2D eigenvalue weighted by atomic mass is 15.3. The molecule has 0 saturated carbocycles. The van der Waals surface area contributed by atoms with Crippen LogP contribution in [-0.4, -0.2) is 24.5 Å². The third-order valence-electron chi connectivity index (χ3n) is 3.29. The highest BCUT2D eigenvalue weighted by Crippen LogP contribution is 2.19. The first-order chi connectivity index (χ1) is 9.54. The minimum atomic E-state index is 0.957. The first-order valence-electron chi connectivity index (χ1n) is 6.58. The van der Waals surface area contributed by atoms with Crippen molar-refractivity contribution in [3.8, 4) is 11.4 Å². The molecule has 3 rings (SSSR count). The summed E-state index contributed by atoms with van der Waals surface area (Å²) in [5, 5.41) is 8.92. The maximum atomic E-state index is 4.62. The van der Waals surface area contributed by atoms with E-state index in [1.807, 2.05) is 61.6 Å². The lowest BCUT2D eigenvalue weighted by molar-refractivity contribution is 0.813. The number of rotatable bonds is 2. The van der Waals surface area contributed by atoms with E-state index in [2.05, 4.69) is 21.2 Å². The van der Waals surface area contributed by atoms with E-state index in [9.17, 15) is 0 Å². The number of hydrogen-bond acceptors (Lipinski definition) is 3. The van der Waals surface area contributed by atoms with Crippen LogP contribution in [0.15, 0.2) is 30.6 Å². The molecule has 0 aliphatic carbocycles. The fourth-order valence-electron chi connectivity index (χ4n) is 2.27. The first-order valence-corrected chi connectivity index (χ1v) is 6.58. The van der Waals surface area contributed by atoms with Gasteiger partial charge in [0.25, 0.3) is 0 Å². The average molecular weight is 267 g/mol. The quantitative estimate of drug-likeness (QED) is 0.717. The summed E-state index contributed by atoms with van der Waals surface area (Å²) in [5.41, 5.74) is 5.85. The zero-order valence-electron chi connectivity index (χ0n) is 12.1. The van der Waals surface area contributed by atoms with Gasteiger partial charge in [-0.3, -0.25) is 4.98 Å². The van der Waals surface area contributed by atoms with Crippen LogP contribution in [0.25, 0.3) is 11.4 Å². The molecule has 0 N–H and O–H groups in total. The van der Waals surface area contributed by atoms with E-state index in [4.69, 9.17) is 0 Å². The van der Waals surface area contributed by atoms with Crippen LogP contribution in [0.1, 0.15) is 22.8 Å². The molecule has 0 spiro atoms. The molecule has 102 valence electrons. The van der Waals surface area contributed by atoms with E-state index >= 15 is 0 Å². The Morgan fingerprint density at radius 2 is 1.20 bits per heavy atom. The van der Waals surface area contributed by atoms with Crippen LogP contribution in [0.5, 0.6) is 0 Å². The van der Waals surface area contributed by atoms with Crippen LogP contribution in [0.2, 0.25) is 0 Å². The zero-order chi connectivity index (χ0) is 14.3. The van der Waals surface area contributed by atoms with Crippen molar-refractivity contribution in [1.82, 2.24) is 24.5 Å².